The Morgan fingerprint density at radius 3 is 2.48 bits per heavy atom. The molecule has 0 saturated carbocycles. The highest BCUT2D eigenvalue weighted by Gasteiger charge is 2.30. The van der Waals surface area contributed by atoms with Crippen molar-refractivity contribution in [2.24, 2.45) is 0 Å². The molecule has 0 bridgehead atoms. The first-order valence-corrected chi connectivity index (χ1v) is 9.35. The van der Waals surface area contributed by atoms with Crippen LogP contribution in [-0.4, -0.2) is 53.2 Å². The maximum absolute atomic E-state index is 12.9. The van der Waals surface area contributed by atoms with Crippen LogP contribution in [0.15, 0.2) is 23.1 Å². The highest BCUT2D eigenvalue weighted by Crippen LogP contribution is 2.21. The Morgan fingerprint density at radius 1 is 1.20 bits per heavy atom. The smallest absolute Gasteiger partial charge is 0.339 e. The molecule has 2 unspecified atom stereocenters. The molecule has 2 atom stereocenters. The number of methoxy groups -OCH3 is 2. The first kappa shape index (κ1) is 19.4. The summed E-state index contributed by atoms with van der Waals surface area (Å²) in [4.78, 5) is 23.4. The van der Waals surface area contributed by atoms with Crippen molar-refractivity contribution in [1.82, 2.24) is 10.0 Å². The molecule has 1 aromatic carbocycles. The van der Waals surface area contributed by atoms with Crippen LogP contribution in [0.4, 0.5) is 0 Å². The van der Waals surface area contributed by atoms with Crippen molar-refractivity contribution >= 4 is 22.0 Å². The molecule has 1 aliphatic heterocycles. The summed E-state index contributed by atoms with van der Waals surface area (Å²) in [5, 5.41) is 3.20. The summed E-state index contributed by atoms with van der Waals surface area (Å²) in [6.07, 6.45) is 1.52. The van der Waals surface area contributed by atoms with Gasteiger partial charge in [0.25, 0.3) is 0 Å². The number of sulfonamides is 1. The van der Waals surface area contributed by atoms with E-state index in [9.17, 15) is 18.0 Å². The number of esters is 2. The molecule has 0 spiro atoms. The Labute approximate surface area is 146 Å². The molecule has 0 aliphatic carbocycles. The Kier molecular flexibility index (Phi) is 6.15. The van der Waals surface area contributed by atoms with Gasteiger partial charge in [-0.25, -0.2) is 22.7 Å². The van der Waals surface area contributed by atoms with E-state index in [4.69, 9.17) is 0 Å². The van der Waals surface area contributed by atoms with Crippen LogP contribution < -0.4 is 10.0 Å². The largest absolute Gasteiger partial charge is 0.465 e. The van der Waals surface area contributed by atoms with Gasteiger partial charge < -0.3 is 14.8 Å². The number of hydrogen-bond donors (Lipinski definition) is 2. The molecule has 1 aromatic rings. The van der Waals surface area contributed by atoms with E-state index < -0.39 is 22.0 Å². The van der Waals surface area contributed by atoms with E-state index >= 15 is 0 Å². The highest BCUT2D eigenvalue weighted by atomic mass is 32.2. The molecule has 9 heteroatoms. The topological polar surface area (TPSA) is 111 Å². The van der Waals surface area contributed by atoms with Crippen LogP contribution >= 0.6 is 0 Å². The van der Waals surface area contributed by atoms with Crippen LogP contribution in [0.2, 0.25) is 0 Å². The first-order chi connectivity index (χ1) is 11.8. The Hall–Kier alpha value is -1.97. The zero-order valence-corrected chi connectivity index (χ0v) is 15.2. The fraction of sp³-hybridized carbons (Fsp3) is 0.500. The molecule has 25 heavy (non-hydrogen) atoms. The van der Waals surface area contributed by atoms with Gasteiger partial charge in [-0.15, -0.1) is 0 Å². The van der Waals surface area contributed by atoms with E-state index in [1.165, 1.54) is 19.2 Å². The normalized spacial score (nSPS) is 20.8. The lowest BCUT2D eigenvalue weighted by Crippen LogP contribution is -2.51. The molecule has 1 saturated heterocycles. The van der Waals surface area contributed by atoms with Crippen LogP contribution in [-0.2, 0) is 19.5 Å². The van der Waals surface area contributed by atoms with Gasteiger partial charge in [0.15, 0.2) is 0 Å². The predicted octanol–water partition coefficient (Wildman–Crippen LogP) is 0.679. The third-order valence-electron chi connectivity index (χ3n) is 4.17. The maximum Gasteiger partial charge on any atom is 0.339 e. The molecule has 1 fully saturated rings. The van der Waals surface area contributed by atoms with Crippen LogP contribution in [0.25, 0.3) is 0 Å². The zero-order valence-electron chi connectivity index (χ0n) is 14.4. The van der Waals surface area contributed by atoms with Crippen molar-refractivity contribution in [2.45, 2.75) is 36.7 Å². The van der Waals surface area contributed by atoms with Crippen molar-refractivity contribution in [3.8, 4) is 0 Å². The molecule has 0 aromatic heterocycles. The van der Waals surface area contributed by atoms with Crippen LogP contribution in [0.3, 0.4) is 0 Å². The molecule has 0 amide bonds. The number of carbonyl (C=O) groups is 2. The highest BCUT2D eigenvalue weighted by molar-refractivity contribution is 7.89. The van der Waals surface area contributed by atoms with E-state index in [1.54, 1.807) is 0 Å². The molecule has 1 heterocycles. The van der Waals surface area contributed by atoms with Crippen molar-refractivity contribution in [2.75, 3.05) is 20.8 Å². The summed E-state index contributed by atoms with van der Waals surface area (Å²) in [5.74, 6) is -1.49. The third kappa shape index (κ3) is 4.36. The summed E-state index contributed by atoms with van der Waals surface area (Å²) in [6, 6.07) is 3.33. The van der Waals surface area contributed by atoms with Gasteiger partial charge >= 0.3 is 11.9 Å². The fourth-order valence-electron chi connectivity index (χ4n) is 2.74. The average molecular weight is 370 g/mol. The fourth-order valence-corrected chi connectivity index (χ4v) is 4.31. The minimum absolute atomic E-state index is 0.0327. The summed E-state index contributed by atoms with van der Waals surface area (Å²) >= 11 is 0. The second kappa shape index (κ2) is 7.94. The standard InChI is InChI=1S/C16H22N2O6S/c1-10-13(5-4-8-17-10)18-25(21,22)14-9-11(15(19)23-2)6-7-12(14)16(20)24-3/h6-7,9-10,13,17-18H,4-5,8H2,1-3H3. The summed E-state index contributed by atoms with van der Waals surface area (Å²) in [6.45, 7) is 2.71. The SMILES string of the molecule is COC(=O)c1ccc(C(=O)OC)c(S(=O)(=O)NC2CCCNC2C)c1. The molecule has 2 rings (SSSR count). The van der Waals surface area contributed by atoms with E-state index in [1.807, 2.05) is 6.92 Å². The number of rotatable bonds is 5. The Bertz CT molecular complexity index is 762. The van der Waals surface area contributed by atoms with Crippen LogP contribution in [0, 0.1) is 0 Å². The zero-order chi connectivity index (χ0) is 18.6. The number of ether oxygens (including phenoxy) is 2. The number of piperidine rings is 1. The minimum Gasteiger partial charge on any atom is -0.465 e. The number of nitrogens with one attached hydrogen (secondary N) is 2. The van der Waals surface area contributed by atoms with Crippen LogP contribution in [0.5, 0.6) is 0 Å². The molecule has 0 radical (unpaired) electrons. The monoisotopic (exact) mass is 370 g/mol. The van der Waals surface area contributed by atoms with E-state index in [0.717, 1.165) is 26.1 Å². The van der Waals surface area contributed by atoms with Crippen molar-refractivity contribution in [3.05, 3.63) is 29.3 Å². The maximum atomic E-state index is 12.9. The van der Waals surface area contributed by atoms with Gasteiger partial charge in [0.1, 0.15) is 0 Å². The number of benzene rings is 1. The lowest BCUT2D eigenvalue weighted by atomic mass is 10.0. The van der Waals surface area contributed by atoms with E-state index in [-0.39, 0.29) is 28.1 Å². The lowest BCUT2D eigenvalue weighted by Gasteiger charge is -2.30. The van der Waals surface area contributed by atoms with Gasteiger partial charge in [-0.2, -0.15) is 0 Å². The molecular formula is C16H22N2O6S. The van der Waals surface area contributed by atoms with Gasteiger partial charge in [0, 0.05) is 12.1 Å². The quantitative estimate of drug-likeness (QED) is 0.733. The first-order valence-electron chi connectivity index (χ1n) is 7.86. The van der Waals surface area contributed by atoms with Crippen molar-refractivity contribution in [1.29, 1.82) is 0 Å². The second-order valence-electron chi connectivity index (χ2n) is 5.81. The lowest BCUT2D eigenvalue weighted by molar-refractivity contribution is 0.0583. The van der Waals surface area contributed by atoms with E-state index in [0.29, 0.717) is 6.42 Å². The Balaban J connectivity index is 2.45. The van der Waals surface area contributed by atoms with Gasteiger partial charge in [-0.1, -0.05) is 0 Å². The number of carbonyl (C=O) groups excluding carboxylic acids is 2. The van der Waals surface area contributed by atoms with Gasteiger partial charge in [-0.3, -0.25) is 0 Å². The predicted molar refractivity (Wildman–Crippen MR) is 89.9 cm³/mol. The van der Waals surface area contributed by atoms with Gasteiger partial charge in [0.2, 0.25) is 10.0 Å². The summed E-state index contributed by atoms with van der Waals surface area (Å²) in [5.41, 5.74) is -0.107. The molecule has 8 nitrogen and oxygen atoms in total. The van der Waals surface area contributed by atoms with Crippen molar-refractivity contribution in [3.63, 3.8) is 0 Å². The molecule has 138 valence electrons. The van der Waals surface area contributed by atoms with Gasteiger partial charge in [-0.05, 0) is 44.5 Å². The minimum atomic E-state index is -4.04. The molecule has 1 aliphatic rings. The number of hydrogen-bond acceptors (Lipinski definition) is 7. The second-order valence-corrected chi connectivity index (χ2v) is 7.49. The molecular weight excluding hydrogens is 348 g/mol. The average Bonchev–Trinajstić information content (AvgIpc) is 2.61. The summed E-state index contributed by atoms with van der Waals surface area (Å²) < 4.78 is 37.6. The third-order valence-corrected chi connectivity index (χ3v) is 5.70. The van der Waals surface area contributed by atoms with Crippen molar-refractivity contribution < 1.29 is 27.5 Å². The van der Waals surface area contributed by atoms with Gasteiger partial charge in [0.05, 0.1) is 30.2 Å². The van der Waals surface area contributed by atoms with E-state index in [2.05, 4.69) is 19.5 Å². The summed E-state index contributed by atoms with van der Waals surface area (Å²) in [7, 11) is -1.69. The van der Waals surface area contributed by atoms with Crippen LogP contribution in [0.1, 0.15) is 40.5 Å². The molecule has 2 N–H and O–H groups in total. The Morgan fingerprint density at radius 2 is 1.88 bits per heavy atom.